The number of morpholine rings is 1. The zero-order valence-electron chi connectivity index (χ0n) is 20.3. The molecule has 7 nitrogen and oxygen atoms in total. The Morgan fingerprint density at radius 1 is 1.00 bits per heavy atom. The molecular formula is C28H32N6O. The monoisotopic (exact) mass is 468 g/mol. The highest BCUT2D eigenvalue weighted by atomic mass is 16.5. The molecule has 2 saturated heterocycles. The van der Waals surface area contributed by atoms with Crippen molar-refractivity contribution in [3.63, 3.8) is 0 Å². The Kier molecular flexibility index (Phi) is 6.01. The van der Waals surface area contributed by atoms with E-state index in [4.69, 9.17) is 4.74 Å². The van der Waals surface area contributed by atoms with E-state index in [2.05, 4.69) is 61.9 Å². The van der Waals surface area contributed by atoms with E-state index in [9.17, 15) is 5.26 Å². The van der Waals surface area contributed by atoms with Gasteiger partial charge in [0, 0.05) is 86.6 Å². The number of nitrogens with zero attached hydrogens (tertiary/aromatic N) is 6. The maximum Gasteiger partial charge on any atom is 0.101 e. The fraction of sp³-hybridized carbons (Fsp3) is 0.464. The zero-order valence-corrected chi connectivity index (χ0v) is 20.3. The number of anilines is 2. The van der Waals surface area contributed by atoms with Crippen molar-refractivity contribution in [2.24, 2.45) is 0 Å². The molecule has 3 aromatic rings. The van der Waals surface area contributed by atoms with Crippen LogP contribution in [0.2, 0.25) is 0 Å². The summed E-state index contributed by atoms with van der Waals surface area (Å²) < 4.78 is 6.39. The lowest BCUT2D eigenvalue weighted by molar-refractivity contribution is -0.0327. The summed E-state index contributed by atoms with van der Waals surface area (Å²) in [7, 11) is 0. The summed E-state index contributed by atoms with van der Waals surface area (Å²) in [5.41, 5.74) is 5.12. The summed E-state index contributed by atoms with van der Waals surface area (Å²) >= 11 is 0. The van der Waals surface area contributed by atoms with E-state index in [-0.39, 0.29) is 12.2 Å². The molecule has 2 aliphatic heterocycles. The van der Waals surface area contributed by atoms with Gasteiger partial charge in [-0.25, -0.2) is 0 Å². The third-order valence-electron chi connectivity index (χ3n) is 7.49. The summed E-state index contributed by atoms with van der Waals surface area (Å²) in [5, 5.41) is 10.5. The Balaban J connectivity index is 1.11. The normalized spacial score (nSPS) is 23.4. The Morgan fingerprint density at radius 3 is 2.66 bits per heavy atom. The number of benzene rings is 1. The van der Waals surface area contributed by atoms with Gasteiger partial charge in [-0.15, -0.1) is 0 Å². The van der Waals surface area contributed by atoms with E-state index in [1.807, 2.05) is 18.3 Å². The van der Waals surface area contributed by atoms with Crippen molar-refractivity contribution in [1.29, 1.82) is 5.26 Å². The molecule has 4 heterocycles. The molecule has 0 amide bonds. The second kappa shape index (κ2) is 9.44. The Hall–Kier alpha value is -3.21. The quantitative estimate of drug-likeness (QED) is 0.564. The highest BCUT2D eigenvalue weighted by Gasteiger charge is 2.30. The van der Waals surface area contributed by atoms with Crippen molar-refractivity contribution < 1.29 is 4.74 Å². The number of aromatic nitrogens is 2. The molecule has 2 aromatic heterocycles. The van der Waals surface area contributed by atoms with Crippen molar-refractivity contribution >= 4 is 22.3 Å². The number of pyridine rings is 2. The number of hydrogen-bond acceptors (Lipinski definition) is 7. The fourth-order valence-corrected chi connectivity index (χ4v) is 5.58. The van der Waals surface area contributed by atoms with E-state index < -0.39 is 0 Å². The van der Waals surface area contributed by atoms with Crippen LogP contribution in [0, 0.1) is 11.3 Å². The summed E-state index contributed by atoms with van der Waals surface area (Å²) in [4.78, 5) is 16.5. The molecular weight excluding hydrogens is 436 g/mol. The Labute approximate surface area is 206 Å². The highest BCUT2D eigenvalue weighted by molar-refractivity contribution is 5.95. The van der Waals surface area contributed by atoms with Gasteiger partial charge in [-0.2, -0.15) is 5.26 Å². The minimum atomic E-state index is 0.148. The molecule has 7 heteroatoms. The maximum atomic E-state index is 9.50. The summed E-state index contributed by atoms with van der Waals surface area (Å²) in [6, 6.07) is 14.7. The molecule has 180 valence electrons. The van der Waals surface area contributed by atoms with Crippen molar-refractivity contribution in [2.45, 2.75) is 37.9 Å². The van der Waals surface area contributed by atoms with Gasteiger partial charge < -0.3 is 14.5 Å². The van der Waals surface area contributed by atoms with Crippen molar-refractivity contribution in [1.82, 2.24) is 14.9 Å². The number of hydrogen-bond donors (Lipinski definition) is 0. The minimum Gasteiger partial charge on any atom is -0.370 e. The van der Waals surface area contributed by atoms with Crippen molar-refractivity contribution in [3.05, 3.63) is 60.0 Å². The predicted octanol–water partition coefficient (Wildman–Crippen LogP) is 3.79. The Morgan fingerprint density at radius 2 is 1.86 bits per heavy atom. The molecule has 0 bridgehead atoms. The lowest BCUT2D eigenvalue weighted by atomic mass is 10.1. The van der Waals surface area contributed by atoms with Crippen LogP contribution in [0.1, 0.15) is 36.9 Å². The van der Waals surface area contributed by atoms with E-state index >= 15 is 0 Å². The van der Waals surface area contributed by atoms with Gasteiger partial charge in [0.25, 0.3) is 0 Å². The minimum absolute atomic E-state index is 0.148. The lowest BCUT2D eigenvalue weighted by Gasteiger charge is -2.42. The lowest BCUT2D eigenvalue weighted by Crippen LogP contribution is -2.54. The molecule has 1 saturated carbocycles. The SMILES string of the molecule is C[C@@H]1CN(c2ccc(C#N)c3ncccc23)C[C@H](CN2CCN(c3ccnc(C4CC4)c3)CC2)O1. The summed E-state index contributed by atoms with van der Waals surface area (Å²) in [5.74, 6) is 0.689. The van der Waals surface area contributed by atoms with Gasteiger partial charge in [-0.05, 0) is 56.2 Å². The fourth-order valence-electron chi connectivity index (χ4n) is 5.58. The van der Waals surface area contributed by atoms with E-state index in [0.29, 0.717) is 11.5 Å². The second-order valence-electron chi connectivity index (χ2n) is 10.1. The van der Waals surface area contributed by atoms with Gasteiger partial charge >= 0.3 is 0 Å². The third kappa shape index (κ3) is 4.69. The van der Waals surface area contributed by atoms with Crippen LogP contribution < -0.4 is 9.80 Å². The van der Waals surface area contributed by atoms with Crippen LogP contribution in [-0.2, 0) is 4.74 Å². The first-order valence-corrected chi connectivity index (χ1v) is 12.8. The van der Waals surface area contributed by atoms with Gasteiger partial charge in [0.05, 0.1) is 23.3 Å². The molecule has 35 heavy (non-hydrogen) atoms. The largest absolute Gasteiger partial charge is 0.370 e. The van der Waals surface area contributed by atoms with Crippen LogP contribution in [0.4, 0.5) is 11.4 Å². The van der Waals surface area contributed by atoms with Crippen LogP contribution >= 0.6 is 0 Å². The van der Waals surface area contributed by atoms with Crippen molar-refractivity contribution in [3.8, 4) is 6.07 Å². The van der Waals surface area contributed by atoms with E-state index in [1.165, 1.54) is 24.2 Å². The predicted molar refractivity (Wildman–Crippen MR) is 138 cm³/mol. The summed E-state index contributed by atoms with van der Waals surface area (Å²) in [6.45, 7) is 8.92. The van der Waals surface area contributed by atoms with Crippen LogP contribution in [0.3, 0.4) is 0 Å². The van der Waals surface area contributed by atoms with Gasteiger partial charge in [-0.1, -0.05) is 0 Å². The molecule has 3 aliphatic rings. The van der Waals surface area contributed by atoms with Gasteiger partial charge in [0.1, 0.15) is 6.07 Å². The zero-order chi connectivity index (χ0) is 23.8. The maximum absolute atomic E-state index is 9.50. The van der Waals surface area contributed by atoms with Crippen molar-refractivity contribution in [2.75, 3.05) is 55.6 Å². The number of piperazine rings is 1. The first-order chi connectivity index (χ1) is 17.2. The number of rotatable bonds is 5. The van der Waals surface area contributed by atoms with E-state index in [0.717, 1.165) is 62.4 Å². The standard InChI is InChI=1S/C28H32N6O/c1-20-17-34(27-7-6-22(16-29)28-25(27)3-2-9-31-28)19-24(35-20)18-32-11-13-33(14-12-32)23-8-10-30-26(15-23)21-4-5-21/h2-3,6-10,15,20-21,24H,4-5,11-14,17-19H2,1H3/t20-,24+/m1/s1. The van der Waals surface area contributed by atoms with Gasteiger partial charge in [0.2, 0.25) is 0 Å². The topological polar surface area (TPSA) is 68.5 Å². The molecule has 1 aromatic carbocycles. The molecule has 3 fully saturated rings. The van der Waals surface area contributed by atoms with Crippen LogP contribution in [0.15, 0.2) is 48.8 Å². The molecule has 0 radical (unpaired) electrons. The molecule has 0 spiro atoms. The molecule has 6 rings (SSSR count). The average molecular weight is 469 g/mol. The second-order valence-corrected chi connectivity index (χ2v) is 10.1. The summed E-state index contributed by atoms with van der Waals surface area (Å²) in [6.07, 6.45) is 6.61. The Bertz CT molecular complexity index is 1240. The molecule has 2 atom stereocenters. The van der Waals surface area contributed by atoms with Crippen LogP contribution in [-0.4, -0.2) is 72.9 Å². The average Bonchev–Trinajstić information content (AvgIpc) is 3.74. The number of ether oxygens (including phenoxy) is 1. The number of nitriles is 1. The molecule has 0 N–H and O–H groups in total. The molecule has 0 unspecified atom stereocenters. The first kappa shape index (κ1) is 22.3. The van der Waals surface area contributed by atoms with Gasteiger partial charge in [0.15, 0.2) is 0 Å². The third-order valence-corrected chi connectivity index (χ3v) is 7.49. The first-order valence-electron chi connectivity index (χ1n) is 12.8. The van der Waals surface area contributed by atoms with E-state index in [1.54, 1.807) is 6.20 Å². The van der Waals surface area contributed by atoms with Gasteiger partial charge in [-0.3, -0.25) is 14.9 Å². The van der Waals surface area contributed by atoms with Crippen LogP contribution in [0.5, 0.6) is 0 Å². The number of fused-ring (bicyclic) bond motifs is 1. The smallest absolute Gasteiger partial charge is 0.101 e. The highest BCUT2D eigenvalue weighted by Crippen LogP contribution is 2.40. The van der Waals surface area contributed by atoms with Crippen LogP contribution in [0.25, 0.3) is 10.9 Å². The molecule has 1 aliphatic carbocycles.